The maximum absolute atomic E-state index is 13.4. The van der Waals surface area contributed by atoms with Crippen molar-refractivity contribution in [3.8, 4) is 0 Å². The number of amides is 2. The van der Waals surface area contributed by atoms with Crippen molar-refractivity contribution in [3.05, 3.63) is 57.3 Å². The fraction of sp³-hybridized carbons (Fsp3) is 0.409. The Balaban J connectivity index is 1.53. The number of nitrogens with one attached hydrogen (secondary N) is 1. The van der Waals surface area contributed by atoms with E-state index in [-0.39, 0.29) is 13.1 Å². The quantitative estimate of drug-likeness (QED) is 0.422. The normalized spacial score (nSPS) is 26.4. The number of anilines is 1. The molecule has 4 rings (SSSR count). The Bertz CT molecular complexity index is 990. The molecule has 0 bridgehead atoms. The van der Waals surface area contributed by atoms with E-state index in [0.717, 1.165) is 19.4 Å². The summed E-state index contributed by atoms with van der Waals surface area (Å²) in [4.78, 5) is 28.6. The van der Waals surface area contributed by atoms with Gasteiger partial charge in [0, 0.05) is 34.3 Å². The van der Waals surface area contributed by atoms with Crippen molar-refractivity contribution in [2.24, 2.45) is 0 Å². The average molecular weight is 446 g/mol. The van der Waals surface area contributed by atoms with Gasteiger partial charge in [-0.1, -0.05) is 42.0 Å². The van der Waals surface area contributed by atoms with Crippen LogP contribution in [-0.2, 0) is 11.3 Å². The van der Waals surface area contributed by atoms with Gasteiger partial charge < -0.3 is 15.4 Å². The van der Waals surface area contributed by atoms with Gasteiger partial charge in [0.2, 0.25) is 0 Å². The lowest BCUT2D eigenvalue weighted by Gasteiger charge is -2.36. The van der Waals surface area contributed by atoms with Crippen molar-refractivity contribution in [1.29, 1.82) is 0 Å². The third kappa shape index (κ3) is 4.00. The van der Waals surface area contributed by atoms with E-state index >= 15 is 0 Å². The van der Waals surface area contributed by atoms with Gasteiger partial charge in [-0.2, -0.15) is 0 Å². The predicted molar refractivity (Wildman–Crippen MR) is 121 cm³/mol. The number of hydrogen-bond acceptors (Lipinski definition) is 5. The minimum Gasteiger partial charge on any atom is -0.625 e. The minimum atomic E-state index is -0.901. The molecular weight excluding hydrogens is 422 g/mol. The maximum atomic E-state index is 13.4. The number of hydrogen-bond donors (Lipinski definition) is 1. The Hall–Kier alpha value is -1.90. The number of nitrogens with zero attached hydrogens (tertiary/aromatic N) is 2. The van der Waals surface area contributed by atoms with Gasteiger partial charge in [-0.05, 0) is 38.6 Å². The zero-order valence-electron chi connectivity index (χ0n) is 16.8. The molecular formula is C22H24ClN3O3S. The van der Waals surface area contributed by atoms with Crippen LogP contribution >= 0.6 is 23.8 Å². The number of carbonyl (C=O) groups excluding carboxylic acids is 2. The molecule has 2 unspecified atom stereocenters. The lowest BCUT2D eigenvalue weighted by molar-refractivity contribution is -0.808. The fourth-order valence-corrected chi connectivity index (χ4v) is 4.90. The first kappa shape index (κ1) is 21.3. The smallest absolute Gasteiger partial charge is 0.348 e. The molecule has 0 saturated carbocycles. The highest BCUT2D eigenvalue weighted by Crippen LogP contribution is 2.35. The molecule has 6 nitrogen and oxygen atoms in total. The van der Waals surface area contributed by atoms with Gasteiger partial charge in [0.15, 0.2) is 0 Å². The van der Waals surface area contributed by atoms with E-state index in [1.54, 1.807) is 24.3 Å². The number of carbonyl (C=O) groups is 2. The van der Waals surface area contributed by atoms with Crippen LogP contribution in [-0.4, -0.2) is 52.4 Å². The molecule has 1 fully saturated rings. The van der Waals surface area contributed by atoms with E-state index in [2.05, 4.69) is 17.3 Å². The van der Waals surface area contributed by atoms with Crippen LogP contribution < -0.4 is 5.32 Å². The molecule has 30 heavy (non-hydrogen) atoms. The molecule has 1 saturated heterocycles. The van der Waals surface area contributed by atoms with Crippen LogP contribution in [0.5, 0.6) is 0 Å². The standard InChI is InChI=1S/C22H24ClN3O3S/c1-25-10-3-5-16(25)9-11-26(29)13-14-4-2-6-18(20(14)22(26)28)24-21(27)17-12-15(23)7-8-19(17)30/h2,4,6-7,12,16H,3,5,8-11,13H2,1H3,(H,24,27). The second-order valence-electron chi connectivity index (χ2n) is 8.21. The molecule has 1 aliphatic carbocycles. The Morgan fingerprint density at radius 3 is 2.97 bits per heavy atom. The van der Waals surface area contributed by atoms with Gasteiger partial charge in [-0.3, -0.25) is 9.44 Å². The Morgan fingerprint density at radius 2 is 2.23 bits per heavy atom. The summed E-state index contributed by atoms with van der Waals surface area (Å²) in [5, 5.41) is 16.6. The van der Waals surface area contributed by atoms with E-state index in [0.29, 0.717) is 51.2 Å². The van der Waals surface area contributed by atoms with Crippen molar-refractivity contribution < 1.29 is 14.2 Å². The van der Waals surface area contributed by atoms with Crippen molar-refractivity contribution in [3.63, 3.8) is 0 Å². The van der Waals surface area contributed by atoms with Crippen molar-refractivity contribution in [2.75, 3.05) is 25.5 Å². The van der Waals surface area contributed by atoms with Crippen LogP contribution in [0.25, 0.3) is 0 Å². The van der Waals surface area contributed by atoms with E-state index in [1.165, 1.54) is 6.08 Å². The summed E-state index contributed by atoms with van der Waals surface area (Å²) >= 11 is 11.3. The van der Waals surface area contributed by atoms with Gasteiger partial charge in [0.25, 0.3) is 5.91 Å². The Morgan fingerprint density at radius 1 is 1.43 bits per heavy atom. The summed E-state index contributed by atoms with van der Waals surface area (Å²) in [6.07, 6.45) is 6.57. The van der Waals surface area contributed by atoms with Crippen LogP contribution in [0.2, 0.25) is 0 Å². The highest BCUT2D eigenvalue weighted by molar-refractivity contribution is 7.81. The van der Waals surface area contributed by atoms with Gasteiger partial charge in [-0.25, -0.2) is 4.79 Å². The first-order chi connectivity index (χ1) is 14.3. The Labute approximate surface area is 186 Å². The van der Waals surface area contributed by atoms with Gasteiger partial charge in [-0.15, -0.1) is 0 Å². The first-order valence-electron chi connectivity index (χ1n) is 10.2. The summed E-state index contributed by atoms with van der Waals surface area (Å²) in [6, 6.07) is 5.54. The van der Waals surface area contributed by atoms with E-state index in [1.807, 2.05) is 0 Å². The summed E-state index contributed by atoms with van der Waals surface area (Å²) in [5.41, 5.74) is 1.65. The fourth-order valence-electron chi connectivity index (χ4n) is 4.48. The van der Waals surface area contributed by atoms with Gasteiger partial charge >= 0.3 is 5.91 Å². The summed E-state index contributed by atoms with van der Waals surface area (Å²) in [6.45, 7) is 1.38. The molecule has 2 amide bonds. The largest absolute Gasteiger partial charge is 0.625 e. The van der Waals surface area contributed by atoms with Crippen molar-refractivity contribution in [1.82, 2.24) is 4.90 Å². The maximum Gasteiger partial charge on any atom is 0.348 e. The van der Waals surface area contributed by atoms with E-state index in [9.17, 15) is 14.8 Å². The molecule has 1 aromatic rings. The molecule has 158 valence electrons. The number of benzene rings is 1. The molecule has 1 N–H and O–H groups in total. The number of halogens is 1. The summed E-state index contributed by atoms with van der Waals surface area (Å²) in [7, 11) is 2.06. The molecule has 3 aliphatic rings. The van der Waals surface area contributed by atoms with Crippen molar-refractivity contribution in [2.45, 2.75) is 38.3 Å². The molecule has 2 heterocycles. The van der Waals surface area contributed by atoms with Crippen LogP contribution in [0.1, 0.15) is 41.6 Å². The van der Waals surface area contributed by atoms with Crippen LogP contribution in [0, 0.1) is 5.21 Å². The lowest BCUT2D eigenvalue weighted by Crippen LogP contribution is -2.45. The average Bonchev–Trinajstić information content (AvgIpc) is 3.23. The monoisotopic (exact) mass is 445 g/mol. The number of hydroxylamine groups is 3. The van der Waals surface area contributed by atoms with E-state index < -0.39 is 16.5 Å². The van der Waals surface area contributed by atoms with Crippen LogP contribution in [0.15, 0.2) is 41.0 Å². The van der Waals surface area contributed by atoms with Crippen LogP contribution in [0.4, 0.5) is 5.69 Å². The predicted octanol–water partition coefficient (Wildman–Crippen LogP) is 3.90. The molecule has 8 heteroatoms. The zero-order chi connectivity index (χ0) is 21.5. The second kappa shape index (κ2) is 8.32. The minimum absolute atomic E-state index is 0.101. The number of thiocarbonyl (C=S) groups is 1. The number of quaternary nitrogens is 1. The van der Waals surface area contributed by atoms with Gasteiger partial charge in [0.1, 0.15) is 12.1 Å². The highest BCUT2D eigenvalue weighted by atomic mass is 35.5. The van der Waals surface area contributed by atoms with Crippen molar-refractivity contribution >= 4 is 46.2 Å². The SMILES string of the molecule is CN1CCCC1CC[N+]1([O-])Cc2cccc(NC(=O)C3=CC(Cl)=CCC3=S)c2C1=O. The second-order valence-corrected chi connectivity index (χ2v) is 9.14. The summed E-state index contributed by atoms with van der Waals surface area (Å²) in [5.74, 6) is -0.907. The molecule has 0 radical (unpaired) electrons. The lowest BCUT2D eigenvalue weighted by atomic mass is 10.0. The van der Waals surface area contributed by atoms with E-state index in [4.69, 9.17) is 23.8 Å². The third-order valence-electron chi connectivity index (χ3n) is 6.21. The molecule has 2 atom stereocenters. The number of allylic oxidation sites excluding steroid dienone is 3. The molecule has 0 spiro atoms. The van der Waals surface area contributed by atoms with Crippen LogP contribution in [0.3, 0.4) is 0 Å². The Kier molecular flexibility index (Phi) is 5.92. The zero-order valence-corrected chi connectivity index (χ0v) is 18.4. The summed E-state index contributed by atoms with van der Waals surface area (Å²) < 4.78 is -0.901. The number of fused-ring (bicyclic) bond motifs is 1. The topological polar surface area (TPSA) is 72.5 Å². The molecule has 0 aromatic heterocycles. The number of likely N-dealkylation sites (tertiary alicyclic amines) is 1. The first-order valence-corrected chi connectivity index (χ1v) is 10.9. The van der Waals surface area contributed by atoms with Gasteiger partial charge in [0.05, 0.1) is 17.8 Å². The molecule has 2 aliphatic heterocycles. The third-order valence-corrected chi connectivity index (χ3v) is 6.86. The number of rotatable bonds is 5. The molecule has 1 aromatic carbocycles. The highest BCUT2D eigenvalue weighted by Gasteiger charge is 2.41.